The molecule has 0 fully saturated rings. The molecule has 0 unspecified atom stereocenters. The number of rotatable bonds is 9. The van der Waals surface area contributed by atoms with Crippen molar-refractivity contribution < 1.29 is 18.1 Å². The molecule has 3 N–H and O–H groups in total. The van der Waals surface area contributed by atoms with Crippen molar-refractivity contribution in [3.8, 4) is 0 Å². The molecule has 3 aromatic carbocycles. The lowest BCUT2D eigenvalue weighted by Crippen LogP contribution is -2.32. The molecule has 0 aromatic heterocycles. The van der Waals surface area contributed by atoms with Crippen LogP contribution in [0.1, 0.15) is 11.1 Å². The van der Waals surface area contributed by atoms with Gasteiger partial charge in [-0.25, -0.2) is 13.1 Å². The van der Waals surface area contributed by atoms with Crippen LogP contribution >= 0.6 is 12.2 Å². The van der Waals surface area contributed by atoms with Gasteiger partial charge in [0, 0.05) is 30.4 Å². The van der Waals surface area contributed by atoms with Crippen molar-refractivity contribution in [2.45, 2.75) is 11.3 Å². The summed E-state index contributed by atoms with van der Waals surface area (Å²) in [6.45, 7) is 0.270. The zero-order valence-electron chi connectivity index (χ0n) is 18.4. The average molecular weight is 511 g/mol. The van der Waals surface area contributed by atoms with Crippen molar-refractivity contribution in [1.82, 2.24) is 10.0 Å². The summed E-state index contributed by atoms with van der Waals surface area (Å²) < 4.78 is 27.6. The number of thiocarbonyl (C=S) groups is 1. The molecule has 0 saturated carbocycles. The average Bonchev–Trinajstić information content (AvgIpc) is 2.84. The van der Waals surface area contributed by atoms with Crippen molar-refractivity contribution in [3.63, 3.8) is 0 Å². The van der Waals surface area contributed by atoms with Gasteiger partial charge in [-0.15, -0.1) is 0 Å². The molecule has 11 heteroatoms. The second-order valence-corrected chi connectivity index (χ2v) is 9.46. The molecule has 0 aliphatic rings. The Morgan fingerprint density at radius 2 is 1.71 bits per heavy atom. The van der Waals surface area contributed by atoms with E-state index in [2.05, 4.69) is 15.4 Å². The van der Waals surface area contributed by atoms with E-state index in [1.165, 1.54) is 54.6 Å². The lowest BCUT2D eigenvalue weighted by atomic mass is 10.2. The molecule has 0 heterocycles. The maximum Gasteiger partial charge on any atom is 0.270 e. The van der Waals surface area contributed by atoms with E-state index in [9.17, 15) is 23.3 Å². The van der Waals surface area contributed by atoms with Gasteiger partial charge in [0.15, 0.2) is 5.11 Å². The molecule has 0 bridgehead atoms. The number of sulfonamides is 1. The highest BCUT2D eigenvalue weighted by Gasteiger charge is 2.13. The minimum absolute atomic E-state index is 0.00952. The lowest BCUT2D eigenvalue weighted by Gasteiger charge is -2.10. The lowest BCUT2D eigenvalue weighted by molar-refractivity contribution is -0.384. The molecule has 35 heavy (non-hydrogen) atoms. The number of hydrogen-bond donors (Lipinski definition) is 3. The number of benzene rings is 3. The molecule has 0 aliphatic heterocycles. The highest BCUT2D eigenvalue weighted by Crippen LogP contribution is 2.15. The predicted molar refractivity (Wildman–Crippen MR) is 138 cm³/mol. The Morgan fingerprint density at radius 1 is 1.00 bits per heavy atom. The first-order chi connectivity index (χ1) is 16.7. The summed E-state index contributed by atoms with van der Waals surface area (Å²) in [7, 11) is -3.67. The van der Waals surface area contributed by atoms with Crippen LogP contribution in [0.25, 0.3) is 6.08 Å². The van der Waals surface area contributed by atoms with Gasteiger partial charge in [-0.1, -0.05) is 42.5 Å². The third-order valence-electron chi connectivity index (χ3n) is 4.72. The number of amides is 1. The van der Waals surface area contributed by atoms with Crippen LogP contribution in [-0.2, 0) is 21.2 Å². The van der Waals surface area contributed by atoms with Gasteiger partial charge >= 0.3 is 0 Å². The SMILES string of the molecule is O=C(/C=C/c1cccc([N+](=O)[O-])c1)NC(=S)Nc1ccc(S(=O)(=O)NCCc2ccccc2)cc1. The van der Waals surface area contributed by atoms with Gasteiger partial charge in [0.2, 0.25) is 15.9 Å². The van der Waals surface area contributed by atoms with Crippen molar-refractivity contribution in [1.29, 1.82) is 0 Å². The van der Waals surface area contributed by atoms with Crippen molar-refractivity contribution in [2.24, 2.45) is 0 Å². The minimum Gasteiger partial charge on any atom is -0.332 e. The summed E-state index contributed by atoms with van der Waals surface area (Å²) in [4.78, 5) is 22.5. The first kappa shape index (κ1) is 25.7. The quantitative estimate of drug-likeness (QED) is 0.173. The Hall–Kier alpha value is -3.93. The van der Waals surface area contributed by atoms with E-state index < -0.39 is 20.9 Å². The first-order valence-corrected chi connectivity index (χ1v) is 12.3. The third-order valence-corrected chi connectivity index (χ3v) is 6.40. The van der Waals surface area contributed by atoms with Crippen LogP contribution in [0.4, 0.5) is 11.4 Å². The van der Waals surface area contributed by atoms with Crippen LogP contribution in [0.3, 0.4) is 0 Å². The summed E-state index contributed by atoms with van der Waals surface area (Å²) in [5, 5.41) is 16.1. The van der Waals surface area contributed by atoms with Gasteiger partial charge in [-0.05, 0) is 60.1 Å². The van der Waals surface area contributed by atoms with Gasteiger partial charge in [0.05, 0.1) is 9.82 Å². The normalized spacial score (nSPS) is 11.2. The largest absolute Gasteiger partial charge is 0.332 e. The van der Waals surface area contributed by atoms with E-state index >= 15 is 0 Å². The van der Waals surface area contributed by atoms with Crippen LogP contribution in [-0.4, -0.2) is 30.9 Å². The molecule has 0 saturated heterocycles. The number of carbonyl (C=O) groups is 1. The Bertz CT molecular complexity index is 1340. The number of nitrogens with one attached hydrogen (secondary N) is 3. The predicted octanol–water partition coefficient (Wildman–Crippen LogP) is 3.64. The molecule has 180 valence electrons. The minimum atomic E-state index is -3.67. The number of hydrogen-bond acceptors (Lipinski definition) is 6. The Labute approximate surface area is 208 Å². The third kappa shape index (κ3) is 8.10. The number of nitro groups is 1. The molecule has 0 atom stereocenters. The summed E-state index contributed by atoms with van der Waals surface area (Å²) in [6.07, 6.45) is 3.20. The zero-order chi connectivity index (χ0) is 25.3. The fraction of sp³-hybridized carbons (Fsp3) is 0.0833. The summed E-state index contributed by atoms with van der Waals surface area (Å²) in [6, 6.07) is 21.3. The molecule has 0 aliphatic carbocycles. The molecule has 3 rings (SSSR count). The molecule has 3 aromatic rings. The zero-order valence-corrected chi connectivity index (χ0v) is 20.0. The van der Waals surface area contributed by atoms with E-state index in [-0.39, 0.29) is 22.2 Å². The highest BCUT2D eigenvalue weighted by atomic mass is 32.2. The summed E-state index contributed by atoms with van der Waals surface area (Å²) >= 11 is 5.11. The second-order valence-electron chi connectivity index (χ2n) is 7.29. The summed E-state index contributed by atoms with van der Waals surface area (Å²) in [5.41, 5.74) is 1.93. The van der Waals surface area contributed by atoms with Gasteiger partial charge in [-0.2, -0.15) is 0 Å². The number of carbonyl (C=O) groups excluding carboxylic acids is 1. The fourth-order valence-corrected chi connectivity index (χ4v) is 4.26. The maximum atomic E-state index is 12.5. The van der Waals surface area contributed by atoms with E-state index in [4.69, 9.17) is 12.2 Å². The summed E-state index contributed by atoms with van der Waals surface area (Å²) in [5.74, 6) is -0.532. The van der Waals surface area contributed by atoms with E-state index in [1.54, 1.807) is 6.07 Å². The molecule has 1 amide bonds. The number of nitro benzene ring substituents is 1. The van der Waals surface area contributed by atoms with Crippen LogP contribution in [0.15, 0.2) is 89.8 Å². The molecule has 9 nitrogen and oxygen atoms in total. The molecule has 0 radical (unpaired) electrons. The van der Waals surface area contributed by atoms with Crippen LogP contribution in [0.2, 0.25) is 0 Å². The molecular weight excluding hydrogens is 488 g/mol. The van der Waals surface area contributed by atoms with Crippen molar-refractivity contribution in [3.05, 3.63) is 106 Å². The number of non-ortho nitro benzene ring substituents is 1. The van der Waals surface area contributed by atoms with Crippen LogP contribution in [0.5, 0.6) is 0 Å². The van der Waals surface area contributed by atoms with Gasteiger partial charge < -0.3 is 5.32 Å². The van der Waals surface area contributed by atoms with Gasteiger partial charge in [0.1, 0.15) is 0 Å². The highest BCUT2D eigenvalue weighted by molar-refractivity contribution is 7.89. The van der Waals surface area contributed by atoms with Gasteiger partial charge in [0.25, 0.3) is 5.69 Å². The Morgan fingerprint density at radius 3 is 2.40 bits per heavy atom. The van der Waals surface area contributed by atoms with Crippen LogP contribution < -0.4 is 15.4 Å². The van der Waals surface area contributed by atoms with Crippen LogP contribution in [0, 0.1) is 10.1 Å². The van der Waals surface area contributed by atoms with E-state index in [0.717, 1.165) is 5.56 Å². The van der Waals surface area contributed by atoms with E-state index in [0.29, 0.717) is 17.7 Å². The maximum absolute atomic E-state index is 12.5. The smallest absolute Gasteiger partial charge is 0.270 e. The first-order valence-electron chi connectivity index (χ1n) is 10.4. The monoisotopic (exact) mass is 510 g/mol. The van der Waals surface area contributed by atoms with Crippen molar-refractivity contribution >= 4 is 50.7 Å². The Kier molecular flexibility index (Phi) is 8.79. The van der Waals surface area contributed by atoms with Crippen molar-refractivity contribution in [2.75, 3.05) is 11.9 Å². The number of nitrogens with zero attached hydrogens (tertiary/aromatic N) is 1. The molecular formula is C24H22N4O5S2. The Balaban J connectivity index is 1.50. The number of anilines is 1. The second kappa shape index (κ2) is 12.0. The van der Waals surface area contributed by atoms with E-state index in [1.807, 2.05) is 30.3 Å². The van der Waals surface area contributed by atoms with Gasteiger partial charge in [-0.3, -0.25) is 20.2 Å². The topological polar surface area (TPSA) is 130 Å². The molecule has 0 spiro atoms. The standard InChI is InChI=1S/C24H22N4O5S2/c29-23(14-9-19-7-4-8-21(17-19)28(30)31)27-24(34)26-20-10-12-22(13-11-20)35(32,33)25-16-15-18-5-2-1-3-6-18/h1-14,17,25H,15-16H2,(H2,26,27,29,34)/b14-9+. The fourth-order valence-electron chi connectivity index (χ4n) is 3.01.